The first-order valence-electron chi connectivity index (χ1n) is 5.97. The fraction of sp³-hybridized carbons (Fsp3) is 0.417. The molecule has 1 amide bonds. The number of nitrogens with zero attached hydrogens (tertiary/aromatic N) is 5. The molecule has 0 aliphatic heterocycles. The summed E-state index contributed by atoms with van der Waals surface area (Å²) in [4.78, 5) is 14.0. The summed E-state index contributed by atoms with van der Waals surface area (Å²) in [5.74, 6) is -0.0337. The summed E-state index contributed by atoms with van der Waals surface area (Å²) >= 11 is 2.12. The molecule has 0 saturated carbocycles. The van der Waals surface area contributed by atoms with Crippen molar-refractivity contribution in [1.29, 1.82) is 0 Å². The van der Waals surface area contributed by atoms with Crippen molar-refractivity contribution in [2.45, 2.75) is 20.0 Å². The summed E-state index contributed by atoms with van der Waals surface area (Å²) in [5, 5.41) is 8.29. The molecule has 6 nitrogen and oxygen atoms in total. The minimum Gasteiger partial charge on any atom is -0.336 e. The maximum absolute atomic E-state index is 12.4. The molecule has 2 aromatic heterocycles. The molecule has 0 atom stereocenters. The smallest absolute Gasteiger partial charge is 0.273 e. The van der Waals surface area contributed by atoms with Crippen LogP contribution in [0, 0.1) is 3.57 Å². The number of aryl methyl sites for hydroxylation is 2. The second-order valence-electron chi connectivity index (χ2n) is 4.33. The predicted molar refractivity (Wildman–Crippen MR) is 79.6 cm³/mol. The van der Waals surface area contributed by atoms with Gasteiger partial charge in [0.2, 0.25) is 0 Å². The Labute approximate surface area is 125 Å². The molecule has 19 heavy (non-hydrogen) atoms. The Bertz CT molecular complexity index is 569. The molecule has 0 spiro atoms. The van der Waals surface area contributed by atoms with Gasteiger partial charge in [0.1, 0.15) is 5.69 Å². The standard InChI is InChI=1S/C12H16IN5O/c1-4-18-8-9(5-15-18)7-16(2)12(19)11-10(13)6-14-17(11)3/h5-6,8H,4,7H2,1-3H3. The predicted octanol–water partition coefficient (Wildman–Crippen LogP) is 1.51. The molecule has 0 radical (unpaired) electrons. The Kier molecular flexibility index (Phi) is 4.23. The lowest BCUT2D eigenvalue weighted by Crippen LogP contribution is -2.28. The Morgan fingerprint density at radius 3 is 2.68 bits per heavy atom. The van der Waals surface area contributed by atoms with E-state index in [1.165, 1.54) is 0 Å². The average Bonchev–Trinajstić information content (AvgIpc) is 2.96. The molecule has 0 aromatic carbocycles. The van der Waals surface area contributed by atoms with Crippen LogP contribution in [0.3, 0.4) is 0 Å². The second kappa shape index (κ2) is 5.72. The topological polar surface area (TPSA) is 56.0 Å². The second-order valence-corrected chi connectivity index (χ2v) is 5.49. The third-order valence-corrected chi connectivity index (χ3v) is 3.66. The Morgan fingerprint density at radius 1 is 1.42 bits per heavy atom. The highest BCUT2D eigenvalue weighted by atomic mass is 127. The van der Waals surface area contributed by atoms with E-state index in [4.69, 9.17) is 0 Å². The number of amides is 1. The minimum absolute atomic E-state index is 0.0337. The summed E-state index contributed by atoms with van der Waals surface area (Å²) in [5.41, 5.74) is 1.64. The van der Waals surface area contributed by atoms with Gasteiger partial charge < -0.3 is 4.90 Å². The van der Waals surface area contributed by atoms with E-state index in [0.29, 0.717) is 12.2 Å². The summed E-state index contributed by atoms with van der Waals surface area (Å²) in [6.07, 6.45) is 5.44. The molecule has 0 aliphatic rings. The molecule has 0 bridgehead atoms. The molecule has 0 fully saturated rings. The number of hydrogen-bond acceptors (Lipinski definition) is 3. The van der Waals surface area contributed by atoms with Crippen LogP contribution in [0.15, 0.2) is 18.6 Å². The number of rotatable bonds is 4. The van der Waals surface area contributed by atoms with E-state index in [0.717, 1.165) is 15.7 Å². The van der Waals surface area contributed by atoms with Gasteiger partial charge in [-0.1, -0.05) is 0 Å². The first-order chi connectivity index (χ1) is 9.02. The minimum atomic E-state index is -0.0337. The SMILES string of the molecule is CCn1cc(CN(C)C(=O)c2c(I)cnn2C)cn1. The van der Waals surface area contributed by atoms with Crippen LogP contribution in [0.25, 0.3) is 0 Å². The van der Waals surface area contributed by atoms with E-state index in [1.807, 2.05) is 17.8 Å². The van der Waals surface area contributed by atoms with E-state index in [2.05, 4.69) is 32.8 Å². The van der Waals surface area contributed by atoms with Gasteiger partial charge in [-0.25, -0.2) is 0 Å². The highest BCUT2D eigenvalue weighted by molar-refractivity contribution is 14.1. The fourth-order valence-electron chi connectivity index (χ4n) is 1.84. The molecule has 7 heteroatoms. The van der Waals surface area contributed by atoms with Gasteiger partial charge in [0.15, 0.2) is 0 Å². The van der Waals surface area contributed by atoms with Gasteiger partial charge in [-0.2, -0.15) is 10.2 Å². The number of halogens is 1. The van der Waals surface area contributed by atoms with Crippen LogP contribution in [0.2, 0.25) is 0 Å². The van der Waals surface area contributed by atoms with Crippen molar-refractivity contribution in [3.05, 3.63) is 33.4 Å². The van der Waals surface area contributed by atoms with Gasteiger partial charge >= 0.3 is 0 Å². The lowest BCUT2D eigenvalue weighted by Gasteiger charge is -2.16. The van der Waals surface area contributed by atoms with Crippen LogP contribution in [-0.4, -0.2) is 37.4 Å². The van der Waals surface area contributed by atoms with Crippen molar-refractivity contribution < 1.29 is 4.79 Å². The van der Waals surface area contributed by atoms with Gasteiger partial charge in [0.05, 0.1) is 16.0 Å². The lowest BCUT2D eigenvalue weighted by molar-refractivity contribution is 0.0773. The molecular formula is C12H16IN5O. The maximum Gasteiger partial charge on any atom is 0.273 e. The van der Waals surface area contributed by atoms with E-state index < -0.39 is 0 Å². The Morgan fingerprint density at radius 2 is 2.16 bits per heavy atom. The van der Waals surface area contributed by atoms with E-state index in [1.54, 1.807) is 36.1 Å². The summed E-state index contributed by atoms with van der Waals surface area (Å²) in [7, 11) is 3.56. The van der Waals surface area contributed by atoms with Crippen molar-refractivity contribution in [3.8, 4) is 0 Å². The molecule has 102 valence electrons. The zero-order valence-corrected chi connectivity index (χ0v) is 13.3. The first kappa shape index (κ1) is 14.0. The monoisotopic (exact) mass is 373 g/mol. The number of aromatic nitrogens is 4. The zero-order chi connectivity index (χ0) is 14.0. The van der Waals surface area contributed by atoms with Crippen molar-refractivity contribution in [1.82, 2.24) is 24.5 Å². The quantitative estimate of drug-likeness (QED) is 0.764. The molecule has 2 aromatic rings. The third kappa shape index (κ3) is 2.96. The van der Waals surface area contributed by atoms with Crippen molar-refractivity contribution >= 4 is 28.5 Å². The molecule has 0 unspecified atom stereocenters. The van der Waals surface area contributed by atoms with Crippen LogP contribution in [-0.2, 0) is 20.1 Å². The maximum atomic E-state index is 12.4. The molecule has 2 rings (SSSR count). The molecular weight excluding hydrogens is 357 g/mol. The fourth-order valence-corrected chi connectivity index (χ4v) is 2.54. The van der Waals surface area contributed by atoms with Gasteiger partial charge in [-0.05, 0) is 29.5 Å². The van der Waals surface area contributed by atoms with Crippen molar-refractivity contribution in [3.63, 3.8) is 0 Å². The lowest BCUT2D eigenvalue weighted by atomic mass is 10.3. The Balaban J connectivity index is 2.11. The third-order valence-electron chi connectivity index (χ3n) is 2.87. The number of carbonyl (C=O) groups is 1. The van der Waals surface area contributed by atoms with E-state index >= 15 is 0 Å². The zero-order valence-electron chi connectivity index (χ0n) is 11.2. The van der Waals surface area contributed by atoms with Gasteiger partial charge in [0, 0.05) is 38.9 Å². The van der Waals surface area contributed by atoms with Crippen molar-refractivity contribution in [2.24, 2.45) is 7.05 Å². The van der Waals surface area contributed by atoms with E-state index in [9.17, 15) is 4.79 Å². The molecule has 2 heterocycles. The average molecular weight is 373 g/mol. The van der Waals surface area contributed by atoms with Gasteiger partial charge in [-0.3, -0.25) is 14.2 Å². The highest BCUT2D eigenvalue weighted by Crippen LogP contribution is 2.14. The van der Waals surface area contributed by atoms with Crippen LogP contribution < -0.4 is 0 Å². The summed E-state index contributed by atoms with van der Waals surface area (Å²) < 4.78 is 4.32. The summed E-state index contributed by atoms with van der Waals surface area (Å²) in [6.45, 7) is 3.40. The number of carbonyl (C=O) groups excluding carboxylic acids is 1. The molecule has 0 saturated heterocycles. The van der Waals surface area contributed by atoms with Crippen LogP contribution in [0.5, 0.6) is 0 Å². The highest BCUT2D eigenvalue weighted by Gasteiger charge is 2.19. The van der Waals surface area contributed by atoms with Crippen LogP contribution in [0.4, 0.5) is 0 Å². The Hall–Kier alpha value is -1.38. The normalized spacial score (nSPS) is 10.7. The number of hydrogen-bond donors (Lipinski definition) is 0. The van der Waals surface area contributed by atoms with Gasteiger partial charge in [-0.15, -0.1) is 0 Å². The largest absolute Gasteiger partial charge is 0.336 e. The first-order valence-corrected chi connectivity index (χ1v) is 7.05. The van der Waals surface area contributed by atoms with Gasteiger partial charge in [0.25, 0.3) is 5.91 Å². The van der Waals surface area contributed by atoms with Crippen molar-refractivity contribution in [2.75, 3.05) is 7.05 Å². The van der Waals surface area contributed by atoms with Crippen LogP contribution in [0.1, 0.15) is 23.0 Å². The summed E-state index contributed by atoms with van der Waals surface area (Å²) in [6, 6.07) is 0. The molecule has 0 N–H and O–H groups in total. The van der Waals surface area contributed by atoms with Crippen LogP contribution >= 0.6 is 22.6 Å². The van der Waals surface area contributed by atoms with E-state index in [-0.39, 0.29) is 5.91 Å². The molecule has 0 aliphatic carbocycles.